The summed E-state index contributed by atoms with van der Waals surface area (Å²) < 4.78 is 18.6. The van der Waals surface area contributed by atoms with Crippen molar-refractivity contribution in [1.29, 1.82) is 5.26 Å². The zero-order chi connectivity index (χ0) is 91.8. The minimum atomic E-state index is 0.601. The van der Waals surface area contributed by atoms with E-state index in [9.17, 15) is 0 Å². The Morgan fingerprint density at radius 3 is 0.591 bits per heavy atom. The van der Waals surface area contributed by atoms with Crippen molar-refractivity contribution in [3.8, 4) is 199 Å². The van der Waals surface area contributed by atoms with Gasteiger partial charge in [0.15, 0.2) is 52.4 Å². The number of hydrogen-bond donors (Lipinski definition) is 0. The van der Waals surface area contributed by atoms with Crippen molar-refractivity contribution in [2.75, 3.05) is 0 Å². The maximum absolute atomic E-state index is 9.04. The lowest BCUT2D eigenvalue weighted by molar-refractivity contribution is 0.482. The van der Waals surface area contributed by atoms with E-state index >= 15 is 0 Å². The number of aromatic nitrogens is 10. The highest BCUT2D eigenvalue weighted by Gasteiger charge is 2.19. The van der Waals surface area contributed by atoms with E-state index in [4.69, 9.17) is 64.3 Å². The standard InChI is InChI=1S/C45H29N3O.C40H26N4O.C38H26N4O/c1-3-11-31(12-4-1)43-46-44(32-13-5-2-6-14-32)48-45(47-43)33-21-26-36(27-22-33)49-35-24-19-30(20-25-35)34-23-28-41-39-17-8-7-15-37(39)38-16-9-10-18-40(38)42(41)29-34;41-27-28-11-13-29(14-12-28)30-15-17-31(18-16-30)32-19-23-36(24-20-32)45-37-25-21-35(22-26-37)40-43-38(33-7-3-1-4-8-33)42-39(44-40)34-9-5-2-6-10-34;1-3-9-30(10-4-1)36-40-37(31-11-5-2-6-12-31)42-38(41-36)32-20-24-34(25-21-32)43-33-22-18-28(19-23-33)27-14-16-29(17-15-27)35-13-7-8-26-39-35/h1-29H;1-26H;1-26H. The second kappa shape index (κ2) is 39.8. The summed E-state index contributed by atoms with van der Waals surface area (Å²) in [5, 5.41) is 16.7. The summed E-state index contributed by atoms with van der Waals surface area (Å²) in [5.74, 6) is 10.1. The average molecular weight is 1760 g/mol. The van der Waals surface area contributed by atoms with Gasteiger partial charge in [-0.2, -0.15) is 5.26 Å². The Labute approximate surface area is 792 Å². The first-order chi connectivity index (χ1) is 67.8. The zero-order valence-electron chi connectivity index (χ0n) is 73.9. The molecule has 137 heavy (non-hydrogen) atoms. The summed E-state index contributed by atoms with van der Waals surface area (Å²) in [6.07, 6.45) is 1.81. The second-order valence-corrected chi connectivity index (χ2v) is 32.5. The lowest BCUT2D eigenvalue weighted by Crippen LogP contribution is -2.00. The largest absolute Gasteiger partial charge is 0.457 e. The number of benzene rings is 19. The number of rotatable bonds is 20. The molecule has 23 aromatic rings. The van der Waals surface area contributed by atoms with Gasteiger partial charge in [0.25, 0.3) is 0 Å². The fourth-order valence-corrected chi connectivity index (χ4v) is 16.4. The SMILES string of the molecule is N#Cc1ccc(-c2ccc(-c3ccc(Oc4ccc(-c5nc(-c6ccccc6)nc(-c6ccccc6)n5)cc4)cc3)cc2)cc1.c1ccc(-c2nc(-c3ccccc3)nc(-c3ccc(Oc4ccc(-c5ccc(-c6ccccn6)cc5)cc4)cc3)n2)cc1.c1ccc(-c2nc(-c3ccccc3)nc(-c3ccc(Oc4ccc(-c5ccc6c7ccccc7c7ccccc7c6c5)cc4)cc3)n2)cc1. The summed E-state index contributed by atoms with van der Waals surface area (Å²) in [4.78, 5) is 47.7. The summed E-state index contributed by atoms with van der Waals surface area (Å²) in [6, 6.07) is 165. The van der Waals surface area contributed by atoms with Gasteiger partial charge in [-0.3, -0.25) is 4.98 Å². The Balaban J connectivity index is 0.000000123. The molecule has 0 atom stereocenters. The summed E-state index contributed by atoms with van der Waals surface area (Å²) in [7, 11) is 0. The van der Waals surface area contributed by atoms with Gasteiger partial charge in [0.05, 0.1) is 17.3 Å². The molecule has 0 aliphatic carbocycles. The molecule has 0 aliphatic rings. The van der Waals surface area contributed by atoms with Gasteiger partial charge < -0.3 is 14.2 Å². The zero-order valence-corrected chi connectivity index (χ0v) is 73.9. The molecule has 23 rings (SSSR count). The molecule has 0 radical (unpaired) electrons. The molecule has 646 valence electrons. The maximum atomic E-state index is 9.04. The third-order valence-corrected chi connectivity index (χ3v) is 23.5. The van der Waals surface area contributed by atoms with E-state index in [-0.39, 0.29) is 0 Å². The highest BCUT2D eigenvalue weighted by atomic mass is 16.5. The van der Waals surface area contributed by atoms with E-state index in [1.165, 1.54) is 37.9 Å². The number of nitriles is 1. The minimum absolute atomic E-state index is 0.601. The van der Waals surface area contributed by atoms with Crippen LogP contribution in [0.15, 0.2) is 492 Å². The lowest BCUT2D eigenvalue weighted by atomic mass is 9.92. The van der Waals surface area contributed by atoms with Gasteiger partial charge >= 0.3 is 0 Å². The summed E-state index contributed by atoms with van der Waals surface area (Å²) in [6.45, 7) is 0. The number of ether oxygens (including phenoxy) is 3. The van der Waals surface area contributed by atoms with Crippen LogP contribution in [0, 0.1) is 11.3 Å². The van der Waals surface area contributed by atoms with Crippen LogP contribution in [-0.2, 0) is 0 Å². The molecule has 0 bridgehead atoms. The quantitative estimate of drug-likeness (QED) is 0.0658. The van der Waals surface area contributed by atoms with Crippen LogP contribution in [0.3, 0.4) is 0 Å². The van der Waals surface area contributed by atoms with E-state index in [1.54, 1.807) is 0 Å². The molecule has 14 heteroatoms. The number of fused-ring (bicyclic) bond motifs is 6. The molecular weight excluding hydrogens is 1680 g/mol. The minimum Gasteiger partial charge on any atom is -0.457 e. The van der Waals surface area contributed by atoms with Gasteiger partial charge in [-0.1, -0.05) is 346 Å². The van der Waals surface area contributed by atoms with E-state index in [2.05, 4.69) is 163 Å². The Kier molecular flexibility index (Phi) is 24.6. The lowest BCUT2D eigenvalue weighted by Gasteiger charge is -2.12. The van der Waals surface area contributed by atoms with Crippen molar-refractivity contribution in [2.45, 2.75) is 0 Å². The Morgan fingerprint density at radius 1 is 0.153 bits per heavy atom. The van der Waals surface area contributed by atoms with Crippen LogP contribution in [0.5, 0.6) is 34.5 Å². The van der Waals surface area contributed by atoms with Gasteiger partial charge in [0.1, 0.15) is 34.5 Å². The Morgan fingerprint density at radius 2 is 0.343 bits per heavy atom. The third kappa shape index (κ3) is 19.7. The van der Waals surface area contributed by atoms with E-state index in [0.717, 1.165) is 135 Å². The second-order valence-electron chi connectivity index (χ2n) is 32.5. The molecule has 0 aliphatic heterocycles. The van der Waals surface area contributed by atoms with Crippen LogP contribution in [0.25, 0.3) is 191 Å². The molecule has 14 nitrogen and oxygen atoms in total. The van der Waals surface area contributed by atoms with Crippen molar-refractivity contribution < 1.29 is 14.2 Å². The first-order valence-corrected chi connectivity index (χ1v) is 45.0. The normalized spacial score (nSPS) is 10.9. The molecule has 0 amide bonds. The average Bonchev–Trinajstić information content (AvgIpc) is 0.740. The molecule has 0 saturated heterocycles. The highest BCUT2D eigenvalue weighted by molar-refractivity contribution is 6.25. The van der Waals surface area contributed by atoms with E-state index in [1.807, 2.05) is 340 Å². The van der Waals surface area contributed by atoms with Crippen molar-refractivity contribution >= 4 is 32.3 Å². The van der Waals surface area contributed by atoms with Crippen LogP contribution in [0.1, 0.15) is 5.56 Å². The topological polar surface area (TPSA) is 180 Å². The molecule has 4 aromatic heterocycles. The van der Waals surface area contributed by atoms with Crippen molar-refractivity contribution in [3.63, 3.8) is 0 Å². The maximum Gasteiger partial charge on any atom is 0.164 e. The van der Waals surface area contributed by atoms with Crippen LogP contribution >= 0.6 is 0 Å². The number of pyridine rings is 1. The Hall–Kier alpha value is -19.0. The van der Waals surface area contributed by atoms with Gasteiger partial charge in [-0.15, -0.1) is 0 Å². The third-order valence-electron chi connectivity index (χ3n) is 23.5. The monoisotopic (exact) mass is 1760 g/mol. The fraction of sp³-hybridized carbons (Fsp3) is 0. The number of hydrogen-bond acceptors (Lipinski definition) is 14. The van der Waals surface area contributed by atoms with Crippen LogP contribution in [0.4, 0.5) is 0 Å². The highest BCUT2D eigenvalue weighted by Crippen LogP contribution is 2.41. The van der Waals surface area contributed by atoms with Gasteiger partial charge in [0.2, 0.25) is 0 Å². The Bertz CT molecular complexity index is 7960. The molecule has 0 unspecified atom stereocenters. The summed E-state index contributed by atoms with van der Waals surface area (Å²) in [5.41, 5.74) is 20.0. The molecule has 0 N–H and O–H groups in total. The van der Waals surface area contributed by atoms with Crippen molar-refractivity contribution in [2.24, 2.45) is 0 Å². The first-order valence-electron chi connectivity index (χ1n) is 45.0. The van der Waals surface area contributed by atoms with E-state index < -0.39 is 0 Å². The molecular formula is C123H81N11O3. The van der Waals surface area contributed by atoms with Gasteiger partial charge in [0, 0.05) is 61.8 Å². The first kappa shape index (κ1) is 84.8. The molecule has 4 heterocycles. The van der Waals surface area contributed by atoms with Crippen molar-refractivity contribution in [3.05, 3.63) is 497 Å². The predicted octanol–water partition coefficient (Wildman–Crippen LogP) is 31.1. The van der Waals surface area contributed by atoms with Crippen LogP contribution < -0.4 is 14.2 Å². The van der Waals surface area contributed by atoms with Gasteiger partial charge in [-0.25, -0.2) is 44.9 Å². The van der Waals surface area contributed by atoms with Crippen LogP contribution in [0.2, 0.25) is 0 Å². The summed E-state index contributed by atoms with van der Waals surface area (Å²) >= 11 is 0. The van der Waals surface area contributed by atoms with Gasteiger partial charge in [-0.05, 0) is 216 Å². The van der Waals surface area contributed by atoms with E-state index in [0.29, 0.717) is 58.0 Å². The number of nitrogens with zero attached hydrogens (tertiary/aromatic N) is 11. The smallest absolute Gasteiger partial charge is 0.164 e. The predicted molar refractivity (Wildman–Crippen MR) is 550 cm³/mol. The van der Waals surface area contributed by atoms with Crippen LogP contribution in [-0.4, -0.2) is 49.8 Å². The fourth-order valence-electron chi connectivity index (χ4n) is 16.4. The molecule has 0 fully saturated rings. The molecule has 0 saturated carbocycles. The molecule has 0 spiro atoms. The van der Waals surface area contributed by atoms with Crippen molar-refractivity contribution in [1.82, 2.24) is 49.8 Å². The molecule has 19 aromatic carbocycles.